The number of likely N-dealkylation sites (N-methyl/N-ethyl adjacent to an activating group) is 1. The van der Waals surface area contributed by atoms with Crippen molar-refractivity contribution in [3.63, 3.8) is 0 Å². The average Bonchev–Trinajstić information content (AvgIpc) is 3.04. The number of carbonyl (C=O) groups excluding carboxylic acids is 2. The number of carbonyl (C=O) groups is 2. The topological polar surface area (TPSA) is 98.8 Å². The van der Waals surface area contributed by atoms with E-state index in [1.165, 1.54) is 38.2 Å². The molecular weight excluding hydrogens is 356 g/mol. The minimum absolute atomic E-state index is 0.0800. The molecule has 0 bridgehead atoms. The highest BCUT2D eigenvalue weighted by Crippen LogP contribution is 2.19. The molecule has 1 saturated heterocycles. The monoisotopic (exact) mass is 382 g/mol. The van der Waals surface area contributed by atoms with Crippen LogP contribution in [0.25, 0.3) is 0 Å². The van der Waals surface area contributed by atoms with Gasteiger partial charge in [-0.05, 0) is 50.2 Å². The number of benzene rings is 1. The number of nitrogens with zero attached hydrogens (tertiary/aromatic N) is 2. The summed E-state index contributed by atoms with van der Waals surface area (Å²) in [7, 11) is -0.496. The number of amides is 2. The van der Waals surface area contributed by atoms with Crippen molar-refractivity contribution in [3.8, 4) is 0 Å². The number of likely N-dealkylation sites (tertiary alicyclic amines) is 1. The molecule has 0 aromatic heterocycles. The van der Waals surface area contributed by atoms with Crippen molar-refractivity contribution in [2.24, 2.45) is 5.92 Å². The summed E-state index contributed by atoms with van der Waals surface area (Å²) in [4.78, 5) is 25.2. The second-order valence-corrected chi connectivity index (χ2v) is 8.56. The maximum Gasteiger partial charge on any atom is 0.243 e. The lowest BCUT2D eigenvalue weighted by Gasteiger charge is -2.21. The van der Waals surface area contributed by atoms with Crippen molar-refractivity contribution in [2.45, 2.75) is 18.2 Å². The van der Waals surface area contributed by atoms with Crippen LogP contribution in [0.1, 0.15) is 13.3 Å². The third-order valence-corrected chi connectivity index (χ3v) is 6.19. The zero-order chi connectivity index (χ0) is 19.3. The Labute approximate surface area is 154 Å². The second-order valence-electron chi connectivity index (χ2n) is 6.52. The van der Waals surface area contributed by atoms with Gasteiger partial charge >= 0.3 is 0 Å². The van der Waals surface area contributed by atoms with E-state index >= 15 is 0 Å². The Morgan fingerprint density at radius 2 is 1.92 bits per heavy atom. The first-order valence-corrected chi connectivity index (χ1v) is 9.94. The fraction of sp³-hybridized carbons (Fsp3) is 0.529. The first-order chi connectivity index (χ1) is 12.2. The molecule has 2 rings (SSSR count). The fourth-order valence-electron chi connectivity index (χ4n) is 2.98. The van der Waals surface area contributed by atoms with Crippen molar-refractivity contribution in [1.29, 1.82) is 0 Å². The maximum atomic E-state index is 12.6. The zero-order valence-electron chi connectivity index (χ0n) is 15.4. The van der Waals surface area contributed by atoms with E-state index in [0.717, 1.165) is 17.3 Å². The van der Waals surface area contributed by atoms with E-state index in [2.05, 4.69) is 10.6 Å². The quantitative estimate of drug-likeness (QED) is 0.708. The maximum absolute atomic E-state index is 12.6. The van der Waals surface area contributed by atoms with Crippen LogP contribution in [0.4, 0.5) is 5.69 Å². The molecule has 1 aromatic rings. The zero-order valence-corrected chi connectivity index (χ0v) is 16.2. The summed E-state index contributed by atoms with van der Waals surface area (Å²) in [6.45, 7) is 3.34. The van der Waals surface area contributed by atoms with Gasteiger partial charge in [-0.2, -0.15) is 4.31 Å². The van der Waals surface area contributed by atoms with Gasteiger partial charge < -0.3 is 15.5 Å². The molecule has 1 heterocycles. The van der Waals surface area contributed by atoms with E-state index in [1.807, 2.05) is 7.05 Å². The molecule has 0 aliphatic carbocycles. The van der Waals surface area contributed by atoms with Crippen LogP contribution >= 0.6 is 0 Å². The van der Waals surface area contributed by atoms with Gasteiger partial charge in [-0.15, -0.1) is 0 Å². The summed E-state index contributed by atoms with van der Waals surface area (Å²) in [5.74, 6) is -0.0118. The predicted molar refractivity (Wildman–Crippen MR) is 99.2 cm³/mol. The molecule has 1 unspecified atom stereocenters. The van der Waals surface area contributed by atoms with E-state index in [9.17, 15) is 18.0 Å². The first-order valence-electron chi connectivity index (χ1n) is 8.50. The number of hydrogen-bond donors (Lipinski definition) is 2. The normalized spacial score (nSPS) is 17.5. The minimum atomic E-state index is -3.77. The number of hydrogen-bond acceptors (Lipinski definition) is 5. The van der Waals surface area contributed by atoms with Crippen molar-refractivity contribution in [1.82, 2.24) is 14.5 Å². The molecule has 1 fully saturated rings. The van der Waals surface area contributed by atoms with Crippen LogP contribution in [-0.4, -0.2) is 69.7 Å². The van der Waals surface area contributed by atoms with Gasteiger partial charge in [0, 0.05) is 32.7 Å². The van der Waals surface area contributed by atoms with Crippen molar-refractivity contribution < 1.29 is 18.0 Å². The van der Waals surface area contributed by atoms with Gasteiger partial charge in [-0.25, -0.2) is 8.42 Å². The van der Waals surface area contributed by atoms with Gasteiger partial charge in [0.05, 0.1) is 11.4 Å². The Morgan fingerprint density at radius 3 is 2.50 bits per heavy atom. The Balaban J connectivity index is 2.00. The van der Waals surface area contributed by atoms with E-state index < -0.39 is 10.0 Å². The third-order valence-electron chi connectivity index (χ3n) is 4.37. The van der Waals surface area contributed by atoms with Crippen LogP contribution in [0.15, 0.2) is 29.2 Å². The Kier molecular flexibility index (Phi) is 6.74. The van der Waals surface area contributed by atoms with Gasteiger partial charge in [-0.1, -0.05) is 0 Å². The molecule has 9 heteroatoms. The number of anilines is 1. The van der Waals surface area contributed by atoms with E-state index in [-0.39, 0.29) is 23.3 Å². The molecule has 0 radical (unpaired) electrons. The second kappa shape index (κ2) is 8.61. The summed E-state index contributed by atoms with van der Waals surface area (Å²) >= 11 is 0. The van der Waals surface area contributed by atoms with Crippen LogP contribution in [0.2, 0.25) is 0 Å². The first kappa shape index (κ1) is 20.3. The van der Waals surface area contributed by atoms with Crippen molar-refractivity contribution >= 4 is 27.5 Å². The van der Waals surface area contributed by atoms with Crippen LogP contribution < -0.4 is 10.6 Å². The summed E-state index contributed by atoms with van der Waals surface area (Å²) in [6.07, 6.45) is 0.924. The minimum Gasteiger partial charge on any atom is -0.341 e. The fourth-order valence-corrected chi connectivity index (χ4v) is 4.10. The van der Waals surface area contributed by atoms with E-state index in [0.29, 0.717) is 24.7 Å². The summed E-state index contributed by atoms with van der Waals surface area (Å²) < 4.78 is 26.3. The van der Waals surface area contributed by atoms with Gasteiger partial charge in [-0.3, -0.25) is 9.59 Å². The molecule has 1 aromatic carbocycles. The van der Waals surface area contributed by atoms with E-state index in [4.69, 9.17) is 0 Å². The number of rotatable bonds is 7. The lowest BCUT2D eigenvalue weighted by molar-refractivity contribution is -0.130. The summed E-state index contributed by atoms with van der Waals surface area (Å²) in [5, 5.41) is 5.68. The van der Waals surface area contributed by atoms with Crippen LogP contribution in [-0.2, 0) is 19.6 Å². The molecular formula is C17H26N4O4S. The standard InChI is InChI=1S/C17H26N4O4S/c1-13(22)19-15-4-6-16(7-5-15)26(24,25)20(3)12-17(23)21-9-8-14(11-21)10-18-2/h4-7,14,18H,8-12H2,1-3H3,(H,19,22). The van der Waals surface area contributed by atoms with E-state index in [1.54, 1.807) is 4.90 Å². The Morgan fingerprint density at radius 1 is 1.27 bits per heavy atom. The Bertz CT molecular complexity index is 749. The highest BCUT2D eigenvalue weighted by molar-refractivity contribution is 7.89. The SMILES string of the molecule is CNCC1CCN(C(=O)CN(C)S(=O)(=O)c2ccc(NC(C)=O)cc2)C1. The highest BCUT2D eigenvalue weighted by atomic mass is 32.2. The van der Waals surface area contributed by atoms with Crippen molar-refractivity contribution in [2.75, 3.05) is 45.6 Å². The highest BCUT2D eigenvalue weighted by Gasteiger charge is 2.29. The van der Waals surface area contributed by atoms with Gasteiger partial charge in [0.25, 0.3) is 0 Å². The van der Waals surface area contributed by atoms with Gasteiger partial charge in [0.15, 0.2) is 0 Å². The Hall–Kier alpha value is -1.97. The molecule has 26 heavy (non-hydrogen) atoms. The summed E-state index contributed by atoms with van der Waals surface area (Å²) in [5.41, 5.74) is 0.517. The number of sulfonamides is 1. The molecule has 0 spiro atoms. The van der Waals surface area contributed by atoms with Crippen LogP contribution in [0.5, 0.6) is 0 Å². The van der Waals surface area contributed by atoms with Crippen molar-refractivity contribution in [3.05, 3.63) is 24.3 Å². The molecule has 8 nitrogen and oxygen atoms in total. The third kappa shape index (κ3) is 5.03. The number of nitrogens with one attached hydrogen (secondary N) is 2. The molecule has 2 amide bonds. The molecule has 1 aliphatic heterocycles. The molecule has 1 atom stereocenters. The predicted octanol–water partition coefficient (Wildman–Crippen LogP) is 0.333. The molecule has 1 aliphatic rings. The van der Waals surface area contributed by atoms with Gasteiger partial charge in [0.2, 0.25) is 21.8 Å². The smallest absolute Gasteiger partial charge is 0.243 e. The molecule has 0 saturated carbocycles. The van der Waals surface area contributed by atoms with Crippen LogP contribution in [0, 0.1) is 5.92 Å². The summed E-state index contributed by atoms with van der Waals surface area (Å²) in [6, 6.07) is 5.88. The largest absolute Gasteiger partial charge is 0.341 e. The lowest BCUT2D eigenvalue weighted by atomic mass is 10.1. The lowest BCUT2D eigenvalue weighted by Crippen LogP contribution is -2.40. The van der Waals surface area contributed by atoms with Crippen LogP contribution in [0.3, 0.4) is 0 Å². The molecule has 2 N–H and O–H groups in total. The molecule has 144 valence electrons. The van der Waals surface area contributed by atoms with Gasteiger partial charge in [0.1, 0.15) is 0 Å². The average molecular weight is 382 g/mol.